The van der Waals surface area contributed by atoms with Crippen molar-refractivity contribution in [2.45, 2.75) is 33.1 Å². The van der Waals surface area contributed by atoms with Crippen LogP contribution >= 0.6 is 0 Å². The van der Waals surface area contributed by atoms with Gasteiger partial charge in [-0.2, -0.15) is 0 Å². The first-order chi connectivity index (χ1) is 14.4. The monoisotopic (exact) mass is 405 g/mol. The number of hydrogen-bond acceptors (Lipinski definition) is 5. The Bertz CT molecular complexity index is 1050. The highest BCUT2D eigenvalue weighted by Gasteiger charge is 2.42. The van der Waals surface area contributed by atoms with Crippen molar-refractivity contribution in [3.05, 3.63) is 75.0 Å². The van der Waals surface area contributed by atoms with E-state index in [1.807, 2.05) is 36.9 Å². The number of nitro benzene ring substituents is 1. The molecule has 7 nitrogen and oxygen atoms in total. The minimum absolute atomic E-state index is 0.0539. The summed E-state index contributed by atoms with van der Waals surface area (Å²) in [5, 5.41) is 11.0. The van der Waals surface area contributed by atoms with Crippen LogP contribution in [-0.4, -0.2) is 34.7 Å². The Hall–Kier alpha value is -3.48. The number of piperidine rings is 1. The second-order valence-corrected chi connectivity index (χ2v) is 7.87. The summed E-state index contributed by atoms with van der Waals surface area (Å²) in [6.07, 6.45) is 3.02. The Morgan fingerprint density at radius 3 is 2.03 bits per heavy atom. The van der Waals surface area contributed by atoms with Crippen LogP contribution in [0.5, 0.6) is 0 Å². The van der Waals surface area contributed by atoms with E-state index in [1.54, 1.807) is 12.1 Å². The first-order valence-corrected chi connectivity index (χ1v) is 10.1. The van der Waals surface area contributed by atoms with Gasteiger partial charge in [0.25, 0.3) is 17.5 Å². The van der Waals surface area contributed by atoms with Crippen molar-refractivity contribution in [3.8, 4) is 0 Å². The summed E-state index contributed by atoms with van der Waals surface area (Å²) in [7, 11) is 0. The van der Waals surface area contributed by atoms with Gasteiger partial charge >= 0.3 is 0 Å². The lowest BCUT2D eigenvalue weighted by atomic mass is 10.0. The summed E-state index contributed by atoms with van der Waals surface area (Å²) in [5.41, 5.74) is 3.66. The molecule has 0 spiro atoms. The molecular formula is C23H23N3O4. The lowest BCUT2D eigenvalue weighted by Gasteiger charge is -2.29. The zero-order valence-corrected chi connectivity index (χ0v) is 17.1. The maximum atomic E-state index is 13.5. The fraction of sp³-hybridized carbons (Fsp3) is 0.304. The number of nitrogens with zero attached hydrogens (tertiary/aromatic N) is 3. The first kappa shape index (κ1) is 19.8. The number of non-ortho nitro benzene ring substituents is 1. The van der Waals surface area contributed by atoms with Crippen LogP contribution in [0.2, 0.25) is 0 Å². The van der Waals surface area contributed by atoms with Crippen LogP contribution in [0, 0.1) is 24.0 Å². The van der Waals surface area contributed by atoms with Gasteiger partial charge in [0, 0.05) is 25.2 Å². The van der Waals surface area contributed by atoms with Gasteiger partial charge in [0.2, 0.25) is 0 Å². The maximum absolute atomic E-state index is 13.5. The molecule has 154 valence electrons. The smallest absolute Gasteiger partial charge is 0.282 e. The number of amides is 2. The number of anilines is 1. The van der Waals surface area contributed by atoms with Gasteiger partial charge in [-0.15, -0.1) is 0 Å². The first-order valence-electron chi connectivity index (χ1n) is 10.1. The van der Waals surface area contributed by atoms with E-state index in [1.165, 1.54) is 17.0 Å². The molecule has 2 aliphatic rings. The number of imide groups is 1. The molecule has 2 aromatic rings. The Labute approximate surface area is 174 Å². The molecule has 0 aliphatic carbocycles. The van der Waals surface area contributed by atoms with Crippen molar-refractivity contribution in [1.29, 1.82) is 0 Å². The second kappa shape index (κ2) is 7.74. The molecule has 30 heavy (non-hydrogen) atoms. The van der Waals surface area contributed by atoms with Crippen molar-refractivity contribution in [1.82, 2.24) is 4.90 Å². The van der Waals surface area contributed by atoms with Crippen LogP contribution in [0.3, 0.4) is 0 Å². The Morgan fingerprint density at radius 2 is 1.47 bits per heavy atom. The predicted molar refractivity (Wildman–Crippen MR) is 114 cm³/mol. The molecule has 1 fully saturated rings. The quantitative estimate of drug-likeness (QED) is 0.436. The third-order valence-electron chi connectivity index (χ3n) is 5.56. The number of carbonyl (C=O) groups is 2. The van der Waals surface area contributed by atoms with Gasteiger partial charge in [-0.3, -0.25) is 19.7 Å². The van der Waals surface area contributed by atoms with Crippen molar-refractivity contribution < 1.29 is 14.5 Å². The minimum Gasteiger partial charge on any atom is -0.366 e. The van der Waals surface area contributed by atoms with E-state index in [9.17, 15) is 19.7 Å². The van der Waals surface area contributed by atoms with Gasteiger partial charge in [0.05, 0.1) is 16.2 Å². The second-order valence-electron chi connectivity index (χ2n) is 7.87. The zero-order valence-electron chi connectivity index (χ0n) is 17.1. The van der Waals surface area contributed by atoms with E-state index in [0.717, 1.165) is 30.4 Å². The molecule has 0 bridgehead atoms. The number of aryl methyl sites for hydroxylation is 2. The molecule has 7 heteroatoms. The molecule has 0 aromatic heterocycles. The summed E-state index contributed by atoms with van der Waals surface area (Å²) in [4.78, 5) is 40.8. The van der Waals surface area contributed by atoms with Gasteiger partial charge in [-0.05, 0) is 74.1 Å². The summed E-state index contributed by atoms with van der Waals surface area (Å²) in [6.45, 7) is 5.28. The summed E-state index contributed by atoms with van der Waals surface area (Å²) >= 11 is 0. The van der Waals surface area contributed by atoms with Crippen LogP contribution in [0.25, 0.3) is 5.57 Å². The third kappa shape index (κ3) is 3.47. The molecule has 0 N–H and O–H groups in total. The summed E-state index contributed by atoms with van der Waals surface area (Å²) < 4.78 is 0. The molecule has 4 rings (SSSR count). The van der Waals surface area contributed by atoms with E-state index >= 15 is 0 Å². The minimum atomic E-state index is -0.479. The van der Waals surface area contributed by atoms with E-state index in [0.29, 0.717) is 35.6 Å². The summed E-state index contributed by atoms with van der Waals surface area (Å²) in [6, 6.07) is 11.5. The molecule has 0 radical (unpaired) electrons. The number of likely N-dealkylation sites (tertiary alicyclic amines) is 1. The third-order valence-corrected chi connectivity index (χ3v) is 5.56. The number of benzene rings is 2. The molecule has 2 heterocycles. The van der Waals surface area contributed by atoms with Gasteiger partial charge in [0.15, 0.2) is 0 Å². The largest absolute Gasteiger partial charge is 0.366 e. The summed E-state index contributed by atoms with van der Waals surface area (Å²) in [5.74, 6) is -0.723. The van der Waals surface area contributed by atoms with Crippen LogP contribution in [-0.2, 0) is 9.59 Å². The fourth-order valence-electron chi connectivity index (χ4n) is 4.25. The molecule has 2 aliphatic heterocycles. The molecule has 2 amide bonds. The number of carbonyl (C=O) groups excluding carboxylic acids is 2. The number of nitro groups is 1. The molecule has 2 aromatic carbocycles. The normalized spacial score (nSPS) is 17.1. The average Bonchev–Trinajstić information content (AvgIpc) is 2.98. The highest BCUT2D eigenvalue weighted by Crippen LogP contribution is 2.36. The van der Waals surface area contributed by atoms with Crippen LogP contribution in [0.4, 0.5) is 11.4 Å². The van der Waals surface area contributed by atoms with Crippen LogP contribution < -0.4 is 4.90 Å². The molecular weight excluding hydrogens is 382 g/mol. The highest BCUT2D eigenvalue weighted by molar-refractivity contribution is 6.45. The topological polar surface area (TPSA) is 83.8 Å². The molecule has 0 unspecified atom stereocenters. The van der Waals surface area contributed by atoms with Gasteiger partial charge in [0.1, 0.15) is 5.70 Å². The lowest BCUT2D eigenvalue weighted by Crippen LogP contribution is -2.37. The number of rotatable bonds is 4. The maximum Gasteiger partial charge on any atom is 0.282 e. The van der Waals surface area contributed by atoms with E-state index in [4.69, 9.17) is 0 Å². The Kier molecular flexibility index (Phi) is 5.11. The standard InChI is InChI=1S/C23H23N3O4/c1-15-12-16(2)14-19(13-15)25-22(27)20(17-6-8-18(9-7-17)26(29)30)21(23(25)28)24-10-4-3-5-11-24/h6-9,12-14H,3-5,10-11H2,1-2H3. The Morgan fingerprint density at radius 1 is 0.867 bits per heavy atom. The highest BCUT2D eigenvalue weighted by atomic mass is 16.6. The van der Waals surface area contributed by atoms with E-state index in [-0.39, 0.29) is 17.5 Å². The lowest BCUT2D eigenvalue weighted by molar-refractivity contribution is -0.384. The van der Waals surface area contributed by atoms with Crippen LogP contribution in [0.1, 0.15) is 36.0 Å². The fourth-order valence-corrected chi connectivity index (χ4v) is 4.25. The van der Waals surface area contributed by atoms with Gasteiger partial charge in [-0.1, -0.05) is 6.07 Å². The number of hydrogen-bond donors (Lipinski definition) is 0. The zero-order chi connectivity index (χ0) is 21.4. The molecule has 0 saturated carbocycles. The molecule has 1 saturated heterocycles. The van der Waals surface area contributed by atoms with Crippen molar-refractivity contribution in [3.63, 3.8) is 0 Å². The Balaban J connectivity index is 1.83. The van der Waals surface area contributed by atoms with Crippen LogP contribution in [0.15, 0.2) is 48.2 Å². The SMILES string of the molecule is Cc1cc(C)cc(N2C(=O)C(c3ccc([N+](=O)[O-])cc3)=C(N3CCCCC3)C2=O)c1. The van der Waals surface area contributed by atoms with E-state index in [2.05, 4.69) is 0 Å². The van der Waals surface area contributed by atoms with Crippen molar-refractivity contribution in [2.24, 2.45) is 0 Å². The predicted octanol–water partition coefficient (Wildman–Crippen LogP) is 3.98. The van der Waals surface area contributed by atoms with Gasteiger partial charge in [-0.25, -0.2) is 4.90 Å². The molecule has 0 atom stereocenters. The van der Waals surface area contributed by atoms with E-state index < -0.39 is 4.92 Å². The van der Waals surface area contributed by atoms with Crippen molar-refractivity contribution >= 4 is 28.8 Å². The van der Waals surface area contributed by atoms with Gasteiger partial charge < -0.3 is 4.90 Å². The van der Waals surface area contributed by atoms with Crippen molar-refractivity contribution in [2.75, 3.05) is 18.0 Å². The average molecular weight is 405 g/mol.